The van der Waals surface area contributed by atoms with Gasteiger partial charge in [0.05, 0.1) is 40.6 Å². The van der Waals surface area contributed by atoms with Crippen molar-refractivity contribution in [2.75, 3.05) is 26.3 Å². The normalized spacial score (nSPS) is 17.4. The minimum absolute atomic E-state index is 0.445. The lowest BCUT2D eigenvalue weighted by atomic mass is 9.90. The van der Waals surface area contributed by atoms with Gasteiger partial charge in [0.2, 0.25) is 0 Å². The summed E-state index contributed by atoms with van der Waals surface area (Å²) in [5.74, 6) is -0.583. The van der Waals surface area contributed by atoms with Gasteiger partial charge in [-0.05, 0) is 108 Å². The number of hydrogen-bond donors (Lipinski definition) is 1. The zero-order valence-corrected chi connectivity index (χ0v) is 29.1. The number of hydrogen-bond acceptors (Lipinski definition) is 7. The number of thiazole rings is 1. The molecule has 7 rings (SSSR count). The third kappa shape index (κ3) is 6.20. The third-order valence-corrected chi connectivity index (χ3v) is 10.8. The number of benzene rings is 3. The SMILES string of the molecule is CCn1nc2ccc(-c3nc4cc(C)c([C@H](OC(C)(C)C)C(=O)O)c(-c5ccc(Cl)cc5)c4s3)cc2c1C1CCN(C2COC2)CC1. The summed E-state index contributed by atoms with van der Waals surface area (Å²) >= 11 is 7.87. The highest BCUT2D eigenvalue weighted by atomic mass is 35.5. The largest absolute Gasteiger partial charge is 0.479 e. The summed E-state index contributed by atoms with van der Waals surface area (Å²) in [4.78, 5) is 20.5. The van der Waals surface area contributed by atoms with E-state index in [0.29, 0.717) is 22.5 Å². The van der Waals surface area contributed by atoms with Crippen LogP contribution in [0.3, 0.4) is 0 Å². The predicted octanol–water partition coefficient (Wildman–Crippen LogP) is 8.48. The van der Waals surface area contributed by atoms with Gasteiger partial charge in [-0.3, -0.25) is 9.58 Å². The van der Waals surface area contributed by atoms with Gasteiger partial charge < -0.3 is 14.6 Å². The Morgan fingerprint density at radius 3 is 2.40 bits per heavy atom. The van der Waals surface area contributed by atoms with Crippen LogP contribution in [0.5, 0.6) is 0 Å². The molecule has 2 aromatic heterocycles. The number of carbonyl (C=O) groups is 1. The van der Waals surface area contributed by atoms with Crippen molar-refractivity contribution in [3.8, 4) is 21.7 Å². The molecule has 3 aromatic carbocycles. The molecule has 0 bridgehead atoms. The zero-order valence-electron chi connectivity index (χ0n) is 27.5. The van der Waals surface area contributed by atoms with Crippen LogP contribution in [0.1, 0.15) is 69.4 Å². The van der Waals surface area contributed by atoms with Gasteiger partial charge in [0.25, 0.3) is 0 Å². The smallest absolute Gasteiger partial charge is 0.337 e. The van der Waals surface area contributed by atoms with Crippen molar-refractivity contribution in [3.63, 3.8) is 0 Å². The van der Waals surface area contributed by atoms with Crippen LogP contribution >= 0.6 is 22.9 Å². The quantitative estimate of drug-likeness (QED) is 0.177. The lowest BCUT2D eigenvalue weighted by molar-refractivity contribution is -0.160. The van der Waals surface area contributed by atoms with Crippen molar-refractivity contribution in [1.82, 2.24) is 19.7 Å². The van der Waals surface area contributed by atoms with Crippen LogP contribution in [-0.4, -0.2) is 68.7 Å². The molecule has 246 valence electrons. The number of nitrogens with zero attached hydrogens (tertiary/aromatic N) is 4. The number of piperidine rings is 1. The summed E-state index contributed by atoms with van der Waals surface area (Å²) in [6.07, 6.45) is 1.06. The van der Waals surface area contributed by atoms with Crippen LogP contribution in [-0.2, 0) is 20.8 Å². The molecule has 0 radical (unpaired) electrons. The van der Waals surface area contributed by atoms with Gasteiger partial charge in [0, 0.05) is 45.3 Å². The second-order valence-electron chi connectivity index (χ2n) is 13.7. The maximum Gasteiger partial charge on any atom is 0.337 e. The maximum atomic E-state index is 12.7. The maximum absolute atomic E-state index is 12.7. The molecule has 2 fully saturated rings. The molecule has 2 aliphatic rings. The molecule has 47 heavy (non-hydrogen) atoms. The Labute approximate surface area is 284 Å². The van der Waals surface area contributed by atoms with Crippen LogP contribution < -0.4 is 0 Å². The molecule has 0 saturated carbocycles. The van der Waals surface area contributed by atoms with Crippen molar-refractivity contribution in [1.29, 1.82) is 0 Å². The lowest BCUT2D eigenvalue weighted by Crippen LogP contribution is -2.51. The topological polar surface area (TPSA) is 89.7 Å². The summed E-state index contributed by atoms with van der Waals surface area (Å²) in [7, 11) is 0. The van der Waals surface area contributed by atoms with E-state index in [9.17, 15) is 9.90 Å². The molecular weight excluding hydrogens is 632 g/mol. The fourth-order valence-corrected chi connectivity index (χ4v) is 8.34. The first-order chi connectivity index (χ1) is 22.5. The summed E-state index contributed by atoms with van der Waals surface area (Å²) in [6.45, 7) is 14.4. The van der Waals surface area contributed by atoms with E-state index in [0.717, 1.165) is 88.7 Å². The molecule has 2 aliphatic heterocycles. The Hall–Kier alpha value is -3.34. The number of rotatable bonds is 8. The van der Waals surface area contributed by atoms with Crippen LogP contribution in [0.15, 0.2) is 48.5 Å². The van der Waals surface area contributed by atoms with E-state index in [2.05, 4.69) is 34.7 Å². The summed E-state index contributed by atoms with van der Waals surface area (Å²) < 4.78 is 14.8. The number of aryl methyl sites for hydroxylation is 2. The highest BCUT2D eigenvalue weighted by Crippen LogP contribution is 2.45. The standard InChI is InChI=1S/C37H41ClN4O4S/c1-6-42-32(23-13-15-41(16-14-23)26-19-45-20-26)27-18-24(9-12-28(27)40-42)35-39-29-17-21(2)30(33(36(43)44)46-37(3,4)5)31(34(29)47-35)22-7-10-25(38)11-8-22/h7-12,17-18,23,26,33H,6,13-16,19-20H2,1-5H3,(H,43,44)/t33-/m0/s1. The van der Waals surface area contributed by atoms with Gasteiger partial charge in [-0.1, -0.05) is 23.7 Å². The molecule has 10 heteroatoms. The van der Waals surface area contributed by atoms with E-state index >= 15 is 0 Å². The first-order valence-corrected chi connectivity index (χ1v) is 17.6. The van der Waals surface area contributed by atoms with Gasteiger partial charge in [-0.25, -0.2) is 9.78 Å². The zero-order chi connectivity index (χ0) is 33.0. The van der Waals surface area contributed by atoms with Crippen molar-refractivity contribution >= 4 is 50.0 Å². The molecule has 4 heterocycles. The predicted molar refractivity (Wildman–Crippen MR) is 189 cm³/mol. The monoisotopic (exact) mass is 672 g/mol. The number of likely N-dealkylation sites (tertiary alicyclic amines) is 1. The van der Waals surface area contributed by atoms with E-state index in [-0.39, 0.29) is 0 Å². The average Bonchev–Trinajstić information content (AvgIpc) is 3.60. The van der Waals surface area contributed by atoms with Gasteiger partial charge in [0.15, 0.2) is 6.10 Å². The molecule has 2 saturated heterocycles. The van der Waals surface area contributed by atoms with Crippen molar-refractivity contribution in [2.45, 2.75) is 77.7 Å². The van der Waals surface area contributed by atoms with Gasteiger partial charge >= 0.3 is 5.97 Å². The molecule has 1 atom stereocenters. The number of fused-ring (bicyclic) bond motifs is 2. The third-order valence-electron chi connectivity index (χ3n) is 9.40. The Morgan fingerprint density at radius 2 is 1.79 bits per heavy atom. The summed E-state index contributed by atoms with van der Waals surface area (Å²) in [5, 5.41) is 18.1. The minimum Gasteiger partial charge on any atom is -0.479 e. The Morgan fingerprint density at radius 1 is 1.09 bits per heavy atom. The van der Waals surface area contributed by atoms with E-state index in [1.165, 1.54) is 11.1 Å². The van der Waals surface area contributed by atoms with E-state index < -0.39 is 17.7 Å². The Kier molecular flexibility index (Phi) is 8.64. The molecule has 5 aromatic rings. The molecule has 1 N–H and O–H groups in total. The van der Waals surface area contributed by atoms with Crippen molar-refractivity contribution < 1.29 is 19.4 Å². The molecule has 0 aliphatic carbocycles. The summed E-state index contributed by atoms with van der Waals surface area (Å²) in [6, 6.07) is 16.6. The van der Waals surface area contributed by atoms with Crippen molar-refractivity contribution in [3.05, 3.63) is 70.4 Å². The highest BCUT2D eigenvalue weighted by molar-refractivity contribution is 7.22. The number of carboxylic acids is 1. The van der Waals surface area contributed by atoms with Crippen LogP contribution in [0, 0.1) is 6.92 Å². The molecule has 0 amide bonds. The highest BCUT2D eigenvalue weighted by Gasteiger charge is 2.34. The average molecular weight is 673 g/mol. The Bertz CT molecular complexity index is 1950. The van der Waals surface area contributed by atoms with Gasteiger partial charge in [-0.2, -0.15) is 5.10 Å². The number of aliphatic carboxylic acids is 1. The fraction of sp³-hybridized carbons (Fsp3) is 0.432. The summed E-state index contributed by atoms with van der Waals surface area (Å²) in [5.41, 5.74) is 6.66. The number of halogens is 1. The molecule has 0 unspecified atom stereocenters. The molecule has 8 nitrogen and oxygen atoms in total. The van der Waals surface area contributed by atoms with Crippen LogP contribution in [0.4, 0.5) is 0 Å². The second-order valence-corrected chi connectivity index (χ2v) is 15.2. The van der Waals surface area contributed by atoms with Gasteiger partial charge in [-0.15, -0.1) is 11.3 Å². The van der Waals surface area contributed by atoms with Crippen LogP contribution in [0.25, 0.3) is 42.8 Å². The van der Waals surface area contributed by atoms with Gasteiger partial charge in [0.1, 0.15) is 5.01 Å². The number of ether oxygens (including phenoxy) is 2. The second kappa shape index (κ2) is 12.6. The lowest BCUT2D eigenvalue weighted by Gasteiger charge is -2.41. The first kappa shape index (κ1) is 32.2. The number of carboxylic acid groups (broad SMARTS) is 1. The first-order valence-electron chi connectivity index (χ1n) is 16.4. The van der Waals surface area contributed by atoms with E-state index in [4.69, 9.17) is 31.2 Å². The molecule has 0 spiro atoms. The fourth-order valence-electron chi connectivity index (χ4n) is 7.09. The van der Waals surface area contributed by atoms with Crippen molar-refractivity contribution in [2.24, 2.45) is 0 Å². The Balaban J connectivity index is 1.34. The number of aromatic nitrogens is 3. The van der Waals surface area contributed by atoms with E-state index in [1.807, 2.05) is 58.0 Å². The molecular formula is C37H41ClN4O4S. The van der Waals surface area contributed by atoms with Crippen LogP contribution in [0.2, 0.25) is 5.02 Å². The minimum atomic E-state index is -1.15. The van der Waals surface area contributed by atoms with E-state index in [1.54, 1.807) is 11.3 Å².